The van der Waals surface area contributed by atoms with Crippen molar-refractivity contribution < 1.29 is 0 Å². The van der Waals surface area contributed by atoms with E-state index >= 15 is 0 Å². The third-order valence-electron chi connectivity index (χ3n) is 1.52. The van der Waals surface area contributed by atoms with Crippen LogP contribution in [0.25, 0.3) is 6.08 Å². The molecule has 1 aromatic rings. The van der Waals surface area contributed by atoms with Crippen molar-refractivity contribution in [2.45, 2.75) is 6.92 Å². The number of halogens is 1. The summed E-state index contributed by atoms with van der Waals surface area (Å²) in [4.78, 5) is 4.18. The highest BCUT2D eigenvalue weighted by atomic mass is 79.9. The number of allylic oxidation sites excluding steroid dienone is 1. The zero-order valence-corrected chi connectivity index (χ0v) is 8.51. The Hall–Kier alpha value is -0.830. The lowest BCUT2D eigenvalue weighted by atomic mass is 10.2. The van der Waals surface area contributed by atoms with E-state index in [2.05, 4.69) is 20.9 Å². The van der Waals surface area contributed by atoms with Crippen molar-refractivity contribution in [3.8, 4) is 0 Å². The van der Waals surface area contributed by atoms with Crippen LogP contribution in [0.3, 0.4) is 0 Å². The summed E-state index contributed by atoms with van der Waals surface area (Å²) in [6, 6.07) is 3.77. The molecule has 0 saturated carbocycles. The molecule has 1 heterocycles. The van der Waals surface area contributed by atoms with Crippen molar-refractivity contribution in [3.63, 3.8) is 0 Å². The maximum atomic E-state index is 5.54. The van der Waals surface area contributed by atoms with Gasteiger partial charge in [0.2, 0.25) is 0 Å². The number of aryl methyl sites for hydroxylation is 1. The van der Waals surface area contributed by atoms with Crippen LogP contribution in [0.5, 0.6) is 0 Å². The molecule has 3 heteroatoms. The predicted octanol–water partition coefficient (Wildman–Crippen LogP) is 2.38. The number of anilines is 1. The molecule has 0 unspecified atom stereocenters. The van der Waals surface area contributed by atoms with E-state index in [9.17, 15) is 0 Å². The fourth-order valence-electron chi connectivity index (χ4n) is 0.885. The third kappa shape index (κ3) is 2.34. The number of aromatic nitrogens is 1. The van der Waals surface area contributed by atoms with Crippen molar-refractivity contribution in [1.29, 1.82) is 0 Å². The quantitative estimate of drug-likeness (QED) is 0.787. The summed E-state index contributed by atoms with van der Waals surface area (Å²) < 4.78 is 0. The van der Waals surface area contributed by atoms with Crippen LogP contribution < -0.4 is 5.73 Å². The smallest absolute Gasteiger partial charge is 0.124 e. The lowest BCUT2D eigenvalue weighted by molar-refractivity contribution is 1.24. The second-order valence-corrected chi connectivity index (χ2v) is 3.14. The van der Waals surface area contributed by atoms with Gasteiger partial charge in [-0.2, -0.15) is 0 Å². The Labute approximate surface area is 80.6 Å². The van der Waals surface area contributed by atoms with Gasteiger partial charge in [0, 0.05) is 5.33 Å². The maximum absolute atomic E-state index is 5.54. The zero-order valence-electron chi connectivity index (χ0n) is 6.92. The summed E-state index contributed by atoms with van der Waals surface area (Å²) in [5.74, 6) is 0.565. The standard InChI is InChI=1S/C9H11BrN2/c1-7-4-5-9(11)12-8(7)3-2-6-10/h2-5H,6H2,1H3,(H2,11,12). The topological polar surface area (TPSA) is 38.9 Å². The van der Waals surface area contributed by atoms with Crippen molar-refractivity contribution in [1.82, 2.24) is 4.98 Å². The van der Waals surface area contributed by atoms with Gasteiger partial charge in [0.1, 0.15) is 5.82 Å². The fourth-order valence-corrected chi connectivity index (χ4v) is 1.07. The highest BCUT2D eigenvalue weighted by Gasteiger charge is 1.94. The van der Waals surface area contributed by atoms with E-state index in [1.165, 1.54) is 0 Å². The maximum Gasteiger partial charge on any atom is 0.124 e. The molecule has 2 nitrogen and oxygen atoms in total. The summed E-state index contributed by atoms with van der Waals surface area (Å²) in [6.45, 7) is 2.01. The normalized spacial score (nSPS) is 10.8. The van der Waals surface area contributed by atoms with Crippen LogP contribution in [-0.4, -0.2) is 10.3 Å². The molecule has 0 aliphatic carbocycles. The SMILES string of the molecule is Cc1ccc(N)nc1C=CCBr. The first kappa shape index (κ1) is 9.26. The van der Waals surface area contributed by atoms with Crippen molar-refractivity contribution in [2.24, 2.45) is 0 Å². The highest BCUT2D eigenvalue weighted by molar-refractivity contribution is 9.09. The van der Waals surface area contributed by atoms with E-state index in [1.807, 2.05) is 25.1 Å². The molecular formula is C9H11BrN2. The van der Waals surface area contributed by atoms with Gasteiger partial charge in [-0.25, -0.2) is 4.98 Å². The molecule has 1 aromatic heterocycles. The van der Waals surface area contributed by atoms with Gasteiger partial charge < -0.3 is 5.73 Å². The van der Waals surface area contributed by atoms with Gasteiger partial charge in [0.25, 0.3) is 0 Å². The predicted molar refractivity (Wildman–Crippen MR) is 56.2 cm³/mol. The number of nitrogens with two attached hydrogens (primary N) is 1. The lowest BCUT2D eigenvalue weighted by Crippen LogP contribution is -1.93. The number of nitrogens with zero attached hydrogens (tertiary/aromatic N) is 1. The van der Waals surface area contributed by atoms with E-state index in [0.717, 1.165) is 16.6 Å². The minimum absolute atomic E-state index is 0.565. The number of pyridine rings is 1. The first-order valence-corrected chi connectivity index (χ1v) is 4.82. The zero-order chi connectivity index (χ0) is 8.97. The Morgan fingerprint density at radius 2 is 2.33 bits per heavy atom. The number of alkyl halides is 1. The second kappa shape index (κ2) is 4.26. The number of hydrogen-bond acceptors (Lipinski definition) is 2. The fraction of sp³-hybridized carbons (Fsp3) is 0.222. The van der Waals surface area contributed by atoms with Crippen molar-refractivity contribution in [3.05, 3.63) is 29.5 Å². The van der Waals surface area contributed by atoms with Crippen molar-refractivity contribution >= 4 is 27.8 Å². The largest absolute Gasteiger partial charge is 0.384 e. The first-order valence-electron chi connectivity index (χ1n) is 3.69. The molecule has 0 amide bonds. The van der Waals surface area contributed by atoms with Crippen LogP contribution >= 0.6 is 15.9 Å². The first-order chi connectivity index (χ1) is 5.74. The molecule has 0 saturated heterocycles. The second-order valence-electron chi connectivity index (χ2n) is 2.49. The molecule has 0 aromatic carbocycles. The van der Waals surface area contributed by atoms with E-state index in [0.29, 0.717) is 5.82 Å². The minimum atomic E-state index is 0.565. The number of hydrogen-bond donors (Lipinski definition) is 1. The van der Waals surface area contributed by atoms with E-state index in [-0.39, 0.29) is 0 Å². The van der Waals surface area contributed by atoms with Crippen LogP contribution in [0.1, 0.15) is 11.3 Å². The van der Waals surface area contributed by atoms with Gasteiger partial charge >= 0.3 is 0 Å². The molecule has 0 spiro atoms. The van der Waals surface area contributed by atoms with Gasteiger partial charge in [-0.3, -0.25) is 0 Å². The van der Waals surface area contributed by atoms with E-state index in [4.69, 9.17) is 5.73 Å². The Kier molecular flexibility index (Phi) is 3.29. The molecule has 0 aliphatic rings. The van der Waals surface area contributed by atoms with Gasteiger partial charge in [-0.15, -0.1) is 0 Å². The van der Waals surface area contributed by atoms with Crippen LogP contribution in [0.15, 0.2) is 18.2 Å². The number of nitrogen functional groups attached to an aromatic ring is 1. The minimum Gasteiger partial charge on any atom is -0.384 e. The summed E-state index contributed by atoms with van der Waals surface area (Å²) in [6.07, 6.45) is 3.95. The molecule has 1 rings (SSSR count). The Bertz CT molecular complexity index is 295. The monoisotopic (exact) mass is 226 g/mol. The molecule has 0 atom stereocenters. The average Bonchev–Trinajstić information content (AvgIpc) is 2.07. The molecule has 12 heavy (non-hydrogen) atoms. The molecule has 0 fully saturated rings. The van der Waals surface area contributed by atoms with Gasteiger partial charge in [0.15, 0.2) is 0 Å². The third-order valence-corrected chi connectivity index (χ3v) is 1.90. The summed E-state index contributed by atoms with van der Waals surface area (Å²) in [5, 5.41) is 0.836. The van der Waals surface area contributed by atoms with Crippen LogP contribution in [0.4, 0.5) is 5.82 Å². The Morgan fingerprint density at radius 1 is 1.58 bits per heavy atom. The molecular weight excluding hydrogens is 216 g/mol. The highest BCUT2D eigenvalue weighted by Crippen LogP contribution is 2.09. The van der Waals surface area contributed by atoms with E-state index < -0.39 is 0 Å². The van der Waals surface area contributed by atoms with Crippen LogP contribution in [-0.2, 0) is 0 Å². The molecule has 0 radical (unpaired) electrons. The van der Waals surface area contributed by atoms with E-state index in [1.54, 1.807) is 6.07 Å². The van der Waals surface area contributed by atoms with Crippen LogP contribution in [0, 0.1) is 6.92 Å². The molecule has 2 N–H and O–H groups in total. The summed E-state index contributed by atoms with van der Waals surface area (Å²) in [7, 11) is 0. The van der Waals surface area contributed by atoms with Gasteiger partial charge in [-0.05, 0) is 24.6 Å². The molecule has 0 aliphatic heterocycles. The summed E-state index contributed by atoms with van der Waals surface area (Å²) >= 11 is 3.30. The molecule has 64 valence electrons. The average molecular weight is 227 g/mol. The number of rotatable bonds is 2. The van der Waals surface area contributed by atoms with Gasteiger partial charge in [0.05, 0.1) is 5.69 Å². The van der Waals surface area contributed by atoms with Crippen LogP contribution in [0.2, 0.25) is 0 Å². The Morgan fingerprint density at radius 3 is 3.00 bits per heavy atom. The Balaban J connectivity index is 2.97. The van der Waals surface area contributed by atoms with Gasteiger partial charge in [-0.1, -0.05) is 28.1 Å². The molecule has 0 bridgehead atoms. The summed E-state index contributed by atoms with van der Waals surface area (Å²) in [5.41, 5.74) is 7.62. The van der Waals surface area contributed by atoms with Crippen molar-refractivity contribution in [2.75, 3.05) is 11.1 Å². The lowest BCUT2D eigenvalue weighted by Gasteiger charge is -1.99.